The third-order valence-electron chi connectivity index (χ3n) is 8.15. The van der Waals surface area contributed by atoms with Gasteiger partial charge in [0.1, 0.15) is 0 Å². The highest BCUT2D eigenvalue weighted by Gasteiger charge is 2.31. The first-order valence-corrected chi connectivity index (χ1v) is 13.6. The molecule has 0 N–H and O–H groups in total. The number of hydrogen-bond acceptors (Lipinski definition) is 2. The molecule has 0 bridgehead atoms. The van der Waals surface area contributed by atoms with Crippen LogP contribution in [0, 0.1) is 18.8 Å². The fourth-order valence-corrected chi connectivity index (χ4v) is 5.97. The molecule has 180 valence electrons. The van der Waals surface area contributed by atoms with Crippen molar-refractivity contribution >= 4 is 0 Å². The van der Waals surface area contributed by atoms with Crippen LogP contribution in [0.3, 0.4) is 0 Å². The van der Waals surface area contributed by atoms with Crippen LogP contribution in [0.4, 0.5) is 0 Å². The second-order valence-corrected chi connectivity index (χ2v) is 10.5. The predicted molar refractivity (Wildman–Crippen MR) is 139 cm³/mol. The van der Waals surface area contributed by atoms with Gasteiger partial charge in [-0.15, -0.1) is 0 Å². The summed E-state index contributed by atoms with van der Waals surface area (Å²) in [6.07, 6.45) is 13.6. The molecule has 0 spiro atoms. The van der Waals surface area contributed by atoms with Crippen LogP contribution in [0.2, 0.25) is 0 Å². The zero-order valence-electron chi connectivity index (χ0n) is 20.9. The van der Waals surface area contributed by atoms with Crippen LogP contribution in [0.1, 0.15) is 88.2 Å². The summed E-state index contributed by atoms with van der Waals surface area (Å²) in [5.41, 5.74) is 5.52. The predicted octanol–water partition coefficient (Wildman–Crippen LogP) is 8.33. The lowest BCUT2D eigenvalue weighted by molar-refractivity contribution is -0.0222. The first-order chi connectivity index (χ1) is 16.2. The van der Waals surface area contributed by atoms with Gasteiger partial charge in [0.15, 0.2) is 0 Å². The van der Waals surface area contributed by atoms with Crippen molar-refractivity contribution in [1.82, 2.24) is 0 Å². The molecule has 2 heteroatoms. The van der Waals surface area contributed by atoms with Gasteiger partial charge in [0, 0.05) is 6.61 Å². The highest BCUT2D eigenvalue weighted by Crippen LogP contribution is 2.43. The molecule has 0 amide bonds. The summed E-state index contributed by atoms with van der Waals surface area (Å²) in [6, 6.07) is 18.3. The van der Waals surface area contributed by atoms with Gasteiger partial charge in [-0.3, -0.25) is 0 Å². The molecule has 2 nitrogen and oxygen atoms in total. The highest BCUT2D eigenvalue weighted by atomic mass is 16.5. The second kappa shape index (κ2) is 12.7. The van der Waals surface area contributed by atoms with Crippen LogP contribution >= 0.6 is 0 Å². The number of benzene rings is 2. The Morgan fingerprint density at radius 2 is 1.24 bits per heavy atom. The van der Waals surface area contributed by atoms with Crippen molar-refractivity contribution in [2.75, 3.05) is 19.8 Å². The van der Waals surface area contributed by atoms with E-state index in [-0.39, 0.29) is 0 Å². The minimum absolute atomic E-state index is 0.472. The summed E-state index contributed by atoms with van der Waals surface area (Å²) in [4.78, 5) is 0. The average Bonchev–Trinajstić information content (AvgIpc) is 2.87. The van der Waals surface area contributed by atoms with Gasteiger partial charge in [0.2, 0.25) is 0 Å². The fourth-order valence-electron chi connectivity index (χ4n) is 5.97. The Morgan fingerprint density at radius 3 is 1.85 bits per heavy atom. The summed E-state index contributed by atoms with van der Waals surface area (Å²) < 4.78 is 11.7. The fraction of sp³-hybridized carbons (Fsp3) is 0.613. The van der Waals surface area contributed by atoms with E-state index in [1.165, 1.54) is 74.5 Å². The summed E-state index contributed by atoms with van der Waals surface area (Å²) in [7, 11) is 0. The minimum atomic E-state index is 0.472. The van der Waals surface area contributed by atoms with Crippen molar-refractivity contribution < 1.29 is 9.47 Å². The summed E-state index contributed by atoms with van der Waals surface area (Å²) in [5, 5.41) is 0. The molecule has 0 saturated heterocycles. The molecule has 2 aromatic carbocycles. The number of ether oxygens (including phenoxy) is 2. The lowest BCUT2D eigenvalue weighted by Crippen LogP contribution is -2.29. The van der Waals surface area contributed by atoms with E-state index >= 15 is 0 Å². The molecular weight excluding hydrogens is 404 g/mol. The van der Waals surface area contributed by atoms with Gasteiger partial charge >= 0.3 is 0 Å². The van der Waals surface area contributed by atoms with Crippen LogP contribution in [-0.4, -0.2) is 25.9 Å². The van der Waals surface area contributed by atoms with Gasteiger partial charge in [-0.2, -0.15) is 0 Å². The molecule has 2 aromatic rings. The highest BCUT2D eigenvalue weighted by molar-refractivity contribution is 5.64. The summed E-state index contributed by atoms with van der Waals surface area (Å²) >= 11 is 0. The van der Waals surface area contributed by atoms with E-state index in [0.717, 1.165) is 44.0 Å². The quantitative estimate of drug-likeness (QED) is 0.340. The number of rotatable bonds is 10. The average molecular weight is 449 g/mol. The Kier molecular flexibility index (Phi) is 9.44. The molecule has 0 aliphatic heterocycles. The van der Waals surface area contributed by atoms with Gasteiger partial charge in [-0.25, -0.2) is 0 Å². The van der Waals surface area contributed by atoms with Crippen molar-refractivity contribution in [2.45, 2.75) is 90.1 Å². The van der Waals surface area contributed by atoms with Crippen LogP contribution in [-0.2, 0) is 9.47 Å². The first-order valence-electron chi connectivity index (χ1n) is 13.6. The Bertz CT molecular complexity index is 794. The second-order valence-electron chi connectivity index (χ2n) is 10.5. The summed E-state index contributed by atoms with van der Waals surface area (Å²) in [5.74, 6) is 2.61. The largest absolute Gasteiger partial charge is 0.379 e. The normalized spacial score (nSPS) is 25.8. The van der Waals surface area contributed by atoms with Gasteiger partial charge in [0.25, 0.3) is 0 Å². The van der Waals surface area contributed by atoms with Crippen molar-refractivity contribution in [3.05, 3.63) is 59.7 Å². The SMILES string of the molecule is CCCCOCCOC1CCC(C2CCC(c3ccc(-c4ccc(C)cc4)cc3)CC2)CC1. The third-order valence-corrected chi connectivity index (χ3v) is 8.15. The number of aryl methyl sites for hydroxylation is 1. The smallest absolute Gasteiger partial charge is 0.0704 e. The van der Waals surface area contributed by atoms with Gasteiger partial charge in [0.05, 0.1) is 19.3 Å². The van der Waals surface area contributed by atoms with Crippen LogP contribution in [0.25, 0.3) is 11.1 Å². The molecule has 0 radical (unpaired) electrons. The van der Waals surface area contributed by atoms with E-state index in [4.69, 9.17) is 9.47 Å². The lowest BCUT2D eigenvalue weighted by atomic mass is 9.69. The molecule has 0 atom stereocenters. The third kappa shape index (κ3) is 7.17. The first kappa shape index (κ1) is 24.5. The Labute approximate surface area is 202 Å². The number of hydrogen-bond donors (Lipinski definition) is 0. The van der Waals surface area contributed by atoms with E-state index in [1.54, 1.807) is 5.56 Å². The monoisotopic (exact) mass is 448 g/mol. The van der Waals surface area contributed by atoms with E-state index in [9.17, 15) is 0 Å². The molecule has 2 aliphatic rings. The van der Waals surface area contributed by atoms with Crippen LogP contribution in [0.15, 0.2) is 48.5 Å². The minimum Gasteiger partial charge on any atom is -0.379 e. The van der Waals surface area contributed by atoms with E-state index in [2.05, 4.69) is 62.4 Å². The van der Waals surface area contributed by atoms with Gasteiger partial charge < -0.3 is 9.47 Å². The zero-order chi connectivity index (χ0) is 22.9. The van der Waals surface area contributed by atoms with Crippen LogP contribution < -0.4 is 0 Å². The van der Waals surface area contributed by atoms with Crippen molar-refractivity contribution in [3.63, 3.8) is 0 Å². The van der Waals surface area contributed by atoms with E-state index < -0.39 is 0 Å². The topological polar surface area (TPSA) is 18.5 Å². The van der Waals surface area contributed by atoms with Crippen molar-refractivity contribution in [2.24, 2.45) is 11.8 Å². The molecule has 2 fully saturated rings. The van der Waals surface area contributed by atoms with E-state index in [1.807, 2.05) is 0 Å². The molecule has 0 unspecified atom stereocenters. The Morgan fingerprint density at radius 1 is 0.667 bits per heavy atom. The molecule has 2 aliphatic carbocycles. The molecule has 0 heterocycles. The van der Waals surface area contributed by atoms with Crippen molar-refractivity contribution in [1.29, 1.82) is 0 Å². The molecule has 4 rings (SSSR count). The van der Waals surface area contributed by atoms with Gasteiger partial charge in [-0.05, 0) is 99.2 Å². The van der Waals surface area contributed by atoms with Gasteiger partial charge in [-0.1, -0.05) is 67.4 Å². The zero-order valence-corrected chi connectivity index (χ0v) is 20.9. The number of unbranched alkanes of at least 4 members (excludes halogenated alkanes) is 1. The molecule has 0 aromatic heterocycles. The maximum Gasteiger partial charge on any atom is 0.0704 e. The molecule has 33 heavy (non-hydrogen) atoms. The standard InChI is InChI=1S/C31H44O2/c1-3-4-21-32-22-23-33-31-19-17-30(18-20-31)29-15-13-28(14-16-29)27-11-9-26(10-12-27)25-7-5-24(2)6-8-25/h5-12,28-31H,3-4,13-23H2,1-2H3. The maximum absolute atomic E-state index is 6.10. The lowest BCUT2D eigenvalue weighted by Gasteiger charge is -2.38. The Balaban J connectivity index is 1.16. The van der Waals surface area contributed by atoms with E-state index in [0.29, 0.717) is 6.10 Å². The maximum atomic E-state index is 6.10. The Hall–Kier alpha value is -1.64. The summed E-state index contributed by atoms with van der Waals surface area (Å²) in [6.45, 7) is 6.76. The molecule has 2 saturated carbocycles. The van der Waals surface area contributed by atoms with Crippen LogP contribution in [0.5, 0.6) is 0 Å². The molecular formula is C31H44O2. The van der Waals surface area contributed by atoms with Crippen molar-refractivity contribution in [3.8, 4) is 11.1 Å².